The highest BCUT2D eigenvalue weighted by atomic mass is 16.6. The van der Waals surface area contributed by atoms with E-state index in [-0.39, 0.29) is 18.6 Å². The maximum Gasteiger partial charge on any atom is 0.415 e. The lowest BCUT2D eigenvalue weighted by Crippen LogP contribution is -2.52. The van der Waals surface area contributed by atoms with Crippen molar-refractivity contribution in [3.8, 4) is 11.5 Å². The molecule has 0 aliphatic carbocycles. The van der Waals surface area contributed by atoms with Gasteiger partial charge in [0.2, 0.25) is 0 Å². The summed E-state index contributed by atoms with van der Waals surface area (Å²) in [6.45, 7) is 3.99. The third-order valence-corrected chi connectivity index (χ3v) is 4.66. The summed E-state index contributed by atoms with van der Waals surface area (Å²) in [6.07, 6.45) is 1.75. The van der Waals surface area contributed by atoms with Crippen molar-refractivity contribution in [3.63, 3.8) is 0 Å². The predicted molar refractivity (Wildman–Crippen MR) is 107 cm³/mol. The van der Waals surface area contributed by atoms with Gasteiger partial charge in [0.25, 0.3) is 5.91 Å². The zero-order chi connectivity index (χ0) is 19.8. The molecule has 0 aromatic heterocycles. The molecule has 0 radical (unpaired) electrons. The van der Waals surface area contributed by atoms with Gasteiger partial charge >= 0.3 is 6.09 Å². The van der Waals surface area contributed by atoms with Crippen molar-refractivity contribution in [3.05, 3.63) is 60.2 Å². The number of benzene rings is 2. The van der Waals surface area contributed by atoms with Gasteiger partial charge in [0.05, 0.1) is 0 Å². The Kier molecular flexibility index (Phi) is 6.89. The van der Waals surface area contributed by atoms with Crippen LogP contribution in [0.15, 0.2) is 54.6 Å². The van der Waals surface area contributed by atoms with Gasteiger partial charge < -0.3 is 19.3 Å². The standard InChI is InChI=1S/C22H26N2O4/c1-2-6-18-9-11-19(12-10-18)27-17-21(25)23-13-15-24(16-14-23)22(26)28-20-7-4-3-5-8-20/h3-5,7-12H,2,6,13-17H2,1H3. The lowest BCUT2D eigenvalue weighted by molar-refractivity contribution is -0.134. The molecule has 0 atom stereocenters. The SMILES string of the molecule is CCCc1ccc(OCC(=O)N2CCN(C(=O)Oc3ccccc3)CC2)cc1. The molecular weight excluding hydrogens is 356 g/mol. The molecule has 1 aliphatic rings. The Balaban J connectivity index is 1.41. The molecule has 0 unspecified atom stereocenters. The second-order valence-corrected chi connectivity index (χ2v) is 6.73. The molecule has 148 valence electrons. The quantitative estimate of drug-likeness (QED) is 0.769. The highest BCUT2D eigenvalue weighted by Gasteiger charge is 2.25. The lowest BCUT2D eigenvalue weighted by Gasteiger charge is -2.34. The van der Waals surface area contributed by atoms with Gasteiger partial charge in [-0.25, -0.2) is 4.79 Å². The first kappa shape index (κ1) is 19.7. The van der Waals surface area contributed by atoms with Crippen LogP contribution in [0.3, 0.4) is 0 Å². The van der Waals surface area contributed by atoms with Gasteiger partial charge in [-0.05, 0) is 36.2 Å². The Bertz CT molecular complexity index is 769. The van der Waals surface area contributed by atoms with Gasteiger partial charge in [-0.15, -0.1) is 0 Å². The van der Waals surface area contributed by atoms with E-state index in [2.05, 4.69) is 6.92 Å². The van der Waals surface area contributed by atoms with Crippen molar-refractivity contribution in [1.29, 1.82) is 0 Å². The summed E-state index contributed by atoms with van der Waals surface area (Å²) >= 11 is 0. The molecule has 0 saturated carbocycles. The van der Waals surface area contributed by atoms with Crippen LogP contribution in [0.2, 0.25) is 0 Å². The second-order valence-electron chi connectivity index (χ2n) is 6.73. The summed E-state index contributed by atoms with van der Waals surface area (Å²) < 4.78 is 11.0. The van der Waals surface area contributed by atoms with E-state index in [9.17, 15) is 9.59 Å². The van der Waals surface area contributed by atoms with Crippen LogP contribution >= 0.6 is 0 Å². The van der Waals surface area contributed by atoms with Crippen LogP contribution in [0.4, 0.5) is 4.79 Å². The van der Waals surface area contributed by atoms with Gasteiger partial charge in [0.15, 0.2) is 6.61 Å². The molecular formula is C22H26N2O4. The highest BCUT2D eigenvalue weighted by molar-refractivity contribution is 5.78. The number of para-hydroxylation sites is 1. The van der Waals surface area contributed by atoms with Crippen LogP contribution in [0.1, 0.15) is 18.9 Å². The molecule has 1 heterocycles. The fourth-order valence-electron chi connectivity index (χ4n) is 3.07. The highest BCUT2D eigenvalue weighted by Crippen LogP contribution is 2.14. The molecule has 0 N–H and O–H groups in total. The lowest BCUT2D eigenvalue weighted by atomic mass is 10.1. The molecule has 2 aromatic rings. The molecule has 0 spiro atoms. The summed E-state index contributed by atoms with van der Waals surface area (Å²) in [5.74, 6) is 1.14. The molecule has 6 nitrogen and oxygen atoms in total. The maximum atomic E-state index is 12.4. The van der Waals surface area contributed by atoms with Gasteiger partial charge in [-0.3, -0.25) is 4.79 Å². The molecule has 3 rings (SSSR count). The van der Waals surface area contributed by atoms with Crippen LogP contribution in [0.25, 0.3) is 0 Å². The Labute approximate surface area is 165 Å². The Morgan fingerprint density at radius 3 is 2.14 bits per heavy atom. The third-order valence-electron chi connectivity index (χ3n) is 4.66. The summed E-state index contributed by atoms with van der Waals surface area (Å²) in [4.78, 5) is 27.9. The summed E-state index contributed by atoms with van der Waals surface area (Å²) in [7, 11) is 0. The van der Waals surface area contributed by atoms with Crippen LogP contribution in [0.5, 0.6) is 11.5 Å². The number of nitrogens with zero attached hydrogens (tertiary/aromatic N) is 2. The van der Waals surface area contributed by atoms with Crippen LogP contribution in [-0.4, -0.2) is 54.6 Å². The molecule has 2 aromatic carbocycles. The van der Waals surface area contributed by atoms with Crippen molar-refractivity contribution < 1.29 is 19.1 Å². The number of hydrogen-bond donors (Lipinski definition) is 0. The number of aryl methyl sites for hydroxylation is 1. The van der Waals surface area contributed by atoms with E-state index in [0.717, 1.165) is 12.8 Å². The number of amides is 2. The van der Waals surface area contributed by atoms with Crippen LogP contribution < -0.4 is 9.47 Å². The number of piperazine rings is 1. The minimum Gasteiger partial charge on any atom is -0.484 e. The number of hydrogen-bond acceptors (Lipinski definition) is 4. The van der Waals surface area contributed by atoms with E-state index in [1.165, 1.54) is 5.56 Å². The second kappa shape index (κ2) is 9.78. The topological polar surface area (TPSA) is 59.1 Å². The smallest absolute Gasteiger partial charge is 0.415 e. The number of ether oxygens (including phenoxy) is 2. The molecule has 2 amide bonds. The van der Waals surface area contributed by atoms with Gasteiger partial charge in [-0.2, -0.15) is 0 Å². The fourth-order valence-corrected chi connectivity index (χ4v) is 3.07. The average Bonchev–Trinajstić information content (AvgIpc) is 2.74. The average molecular weight is 382 g/mol. The Morgan fingerprint density at radius 1 is 0.857 bits per heavy atom. The van der Waals surface area contributed by atoms with E-state index >= 15 is 0 Å². The summed E-state index contributed by atoms with van der Waals surface area (Å²) in [6, 6.07) is 16.8. The zero-order valence-electron chi connectivity index (χ0n) is 16.2. The number of carbonyl (C=O) groups is 2. The molecule has 1 saturated heterocycles. The largest absolute Gasteiger partial charge is 0.484 e. The van der Waals surface area contributed by atoms with Crippen molar-refractivity contribution in [2.24, 2.45) is 0 Å². The summed E-state index contributed by atoms with van der Waals surface area (Å²) in [5.41, 5.74) is 1.26. The van der Waals surface area contributed by atoms with Gasteiger partial charge in [0, 0.05) is 26.2 Å². The van der Waals surface area contributed by atoms with E-state index in [0.29, 0.717) is 37.7 Å². The van der Waals surface area contributed by atoms with Crippen molar-refractivity contribution in [1.82, 2.24) is 9.80 Å². The normalized spacial score (nSPS) is 13.9. The van der Waals surface area contributed by atoms with E-state index in [4.69, 9.17) is 9.47 Å². The molecule has 1 fully saturated rings. The fraction of sp³-hybridized carbons (Fsp3) is 0.364. The van der Waals surface area contributed by atoms with Crippen molar-refractivity contribution >= 4 is 12.0 Å². The molecule has 0 bridgehead atoms. The van der Waals surface area contributed by atoms with Crippen molar-refractivity contribution in [2.45, 2.75) is 19.8 Å². The van der Waals surface area contributed by atoms with Crippen LogP contribution in [-0.2, 0) is 11.2 Å². The monoisotopic (exact) mass is 382 g/mol. The molecule has 28 heavy (non-hydrogen) atoms. The molecule has 1 aliphatic heterocycles. The minimum atomic E-state index is -0.387. The van der Waals surface area contributed by atoms with Gasteiger partial charge in [0.1, 0.15) is 11.5 Å². The minimum absolute atomic E-state index is 0.00157. The Morgan fingerprint density at radius 2 is 1.50 bits per heavy atom. The maximum absolute atomic E-state index is 12.4. The Hall–Kier alpha value is -3.02. The van der Waals surface area contributed by atoms with E-state index in [1.807, 2.05) is 42.5 Å². The summed E-state index contributed by atoms with van der Waals surface area (Å²) in [5, 5.41) is 0. The van der Waals surface area contributed by atoms with Crippen molar-refractivity contribution in [2.75, 3.05) is 32.8 Å². The zero-order valence-corrected chi connectivity index (χ0v) is 16.2. The van der Waals surface area contributed by atoms with E-state index < -0.39 is 0 Å². The van der Waals surface area contributed by atoms with Gasteiger partial charge in [-0.1, -0.05) is 43.7 Å². The van der Waals surface area contributed by atoms with E-state index in [1.54, 1.807) is 21.9 Å². The van der Waals surface area contributed by atoms with Crippen LogP contribution in [0, 0.1) is 0 Å². The number of carbonyl (C=O) groups excluding carboxylic acids is 2. The third kappa shape index (κ3) is 5.49. The first-order valence-corrected chi connectivity index (χ1v) is 9.67. The predicted octanol–water partition coefficient (Wildman–Crippen LogP) is 3.36. The first-order valence-electron chi connectivity index (χ1n) is 9.67. The first-order chi connectivity index (χ1) is 13.7. The molecule has 6 heteroatoms. The number of rotatable bonds is 6.